The number of urea groups is 1. The van der Waals surface area contributed by atoms with Gasteiger partial charge in [-0.25, -0.2) is 14.5 Å². The summed E-state index contributed by atoms with van der Waals surface area (Å²) in [5.41, 5.74) is 8.04. The summed E-state index contributed by atoms with van der Waals surface area (Å²) in [5, 5.41) is 7.69. The maximum atomic E-state index is 12.1. The Labute approximate surface area is 138 Å². The van der Waals surface area contributed by atoms with Gasteiger partial charge in [0.2, 0.25) is 5.95 Å². The van der Waals surface area contributed by atoms with Crippen molar-refractivity contribution in [2.75, 3.05) is 19.6 Å². The van der Waals surface area contributed by atoms with Crippen LogP contribution in [-0.4, -0.2) is 50.3 Å². The smallest absolute Gasteiger partial charge is 0.315 e. The van der Waals surface area contributed by atoms with E-state index >= 15 is 0 Å². The van der Waals surface area contributed by atoms with Gasteiger partial charge in [0.05, 0.1) is 17.4 Å². The molecule has 1 saturated heterocycles. The van der Waals surface area contributed by atoms with E-state index in [9.17, 15) is 9.59 Å². The van der Waals surface area contributed by atoms with Crippen molar-refractivity contribution < 1.29 is 4.79 Å². The van der Waals surface area contributed by atoms with Gasteiger partial charge in [-0.05, 0) is 26.8 Å². The first-order chi connectivity index (χ1) is 11.4. The van der Waals surface area contributed by atoms with Gasteiger partial charge in [0, 0.05) is 30.9 Å². The average Bonchev–Trinajstić information content (AvgIpc) is 2.94. The third kappa shape index (κ3) is 2.78. The number of amides is 2. The van der Waals surface area contributed by atoms with E-state index in [1.54, 1.807) is 23.4 Å². The second kappa shape index (κ2) is 6.08. The molecule has 24 heavy (non-hydrogen) atoms. The molecule has 0 radical (unpaired) electrons. The molecule has 2 aromatic heterocycles. The molecule has 0 spiro atoms. The maximum absolute atomic E-state index is 12.1. The van der Waals surface area contributed by atoms with E-state index in [1.807, 2.05) is 13.0 Å². The lowest BCUT2D eigenvalue weighted by molar-refractivity contribution is 0.164. The van der Waals surface area contributed by atoms with Crippen molar-refractivity contribution in [1.29, 1.82) is 0 Å². The fourth-order valence-electron chi connectivity index (χ4n) is 2.89. The lowest BCUT2D eigenvalue weighted by atomic mass is 10.1. The van der Waals surface area contributed by atoms with Crippen LogP contribution >= 0.6 is 0 Å². The number of primary amides is 1. The zero-order valence-electron chi connectivity index (χ0n) is 14.0. The van der Waals surface area contributed by atoms with Gasteiger partial charge >= 0.3 is 6.03 Å². The Hall–Kier alpha value is -2.68. The van der Waals surface area contributed by atoms with Crippen molar-refractivity contribution in [2.24, 2.45) is 5.73 Å². The summed E-state index contributed by atoms with van der Waals surface area (Å²) in [6.07, 6.45) is 0. The first kappa shape index (κ1) is 16.2. The van der Waals surface area contributed by atoms with Crippen LogP contribution in [0.4, 0.5) is 4.79 Å². The normalized spacial score (nSPS) is 18.0. The summed E-state index contributed by atoms with van der Waals surface area (Å²) in [7, 11) is 0. The molecule has 1 unspecified atom stereocenters. The van der Waals surface area contributed by atoms with Crippen LogP contribution in [0, 0.1) is 20.8 Å². The summed E-state index contributed by atoms with van der Waals surface area (Å²) < 4.78 is 1.58. The molecule has 1 atom stereocenters. The highest BCUT2D eigenvalue weighted by Crippen LogP contribution is 2.24. The lowest BCUT2D eigenvalue weighted by Gasteiger charge is -2.34. The fraction of sp³-hybridized carbons (Fsp3) is 0.467. The number of nitrogens with one attached hydrogen (secondary N) is 2. The minimum absolute atomic E-state index is 0.204. The third-order valence-electron chi connectivity index (χ3n) is 4.31. The molecule has 1 fully saturated rings. The molecule has 3 heterocycles. The molecule has 128 valence electrons. The number of hydrogen-bond acceptors (Lipinski definition) is 5. The van der Waals surface area contributed by atoms with Crippen LogP contribution in [0.1, 0.15) is 28.7 Å². The highest BCUT2D eigenvalue weighted by Gasteiger charge is 2.30. The molecule has 0 aromatic carbocycles. The molecule has 9 heteroatoms. The molecule has 1 aliphatic rings. The molecule has 0 aliphatic carbocycles. The second-order valence-electron chi connectivity index (χ2n) is 5.97. The van der Waals surface area contributed by atoms with E-state index in [0.29, 0.717) is 36.8 Å². The number of carbonyl (C=O) groups excluding carboxylic acids is 1. The highest BCUT2D eigenvalue weighted by molar-refractivity contribution is 5.72. The number of carbonyl (C=O) groups is 1. The van der Waals surface area contributed by atoms with E-state index in [-0.39, 0.29) is 11.6 Å². The number of nitrogens with zero attached hydrogens (tertiary/aromatic N) is 4. The van der Waals surface area contributed by atoms with Gasteiger partial charge in [0.25, 0.3) is 5.56 Å². The Bertz CT molecular complexity index is 839. The Morgan fingerprint density at radius 3 is 2.79 bits per heavy atom. The number of piperazine rings is 1. The molecular weight excluding hydrogens is 310 g/mol. The van der Waals surface area contributed by atoms with Gasteiger partial charge in [-0.1, -0.05) is 0 Å². The van der Waals surface area contributed by atoms with Gasteiger partial charge in [-0.3, -0.25) is 9.78 Å². The monoisotopic (exact) mass is 331 g/mol. The van der Waals surface area contributed by atoms with Gasteiger partial charge in [0.1, 0.15) is 0 Å². The van der Waals surface area contributed by atoms with E-state index in [2.05, 4.69) is 20.4 Å². The Morgan fingerprint density at radius 2 is 2.12 bits per heavy atom. The summed E-state index contributed by atoms with van der Waals surface area (Å²) in [6.45, 7) is 7.11. The summed E-state index contributed by atoms with van der Waals surface area (Å²) in [6, 6.07) is 1.13. The zero-order valence-corrected chi connectivity index (χ0v) is 14.0. The standard InChI is InChI=1S/C15H21N7O2/c1-8-6-11(12-7-17-4-5-21(12)14(16)24)22(20-8)15-18-10(3)9(2)13(23)19-15/h6,12,17H,4-5,7H2,1-3H3,(H2,16,24)(H,18,19,23). The largest absolute Gasteiger partial charge is 0.351 e. The minimum Gasteiger partial charge on any atom is -0.351 e. The van der Waals surface area contributed by atoms with Crippen molar-refractivity contribution in [3.8, 4) is 5.95 Å². The average molecular weight is 331 g/mol. The Kier molecular flexibility index (Phi) is 4.10. The first-order valence-corrected chi connectivity index (χ1v) is 7.79. The summed E-state index contributed by atoms with van der Waals surface area (Å²) in [4.78, 5) is 32.6. The predicted octanol–water partition coefficient (Wildman–Crippen LogP) is -0.0941. The van der Waals surface area contributed by atoms with Crippen LogP contribution in [0.2, 0.25) is 0 Å². The lowest BCUT2D eigenvalue weighted by Crippen LogP contribution is -2.51. The number of nitrogens with two attached hydrogens (primary N) is 1. The second-order valence-corrected chi connectivity index (χ2v) is 5.97. The SMILES string of the molecule is Cc1cc(C2CNCCN2C(N)=O)n(-c2nc(C)c(C)c(=O)[nH]2)n1. The zero-order chi connectivity index (χ0) is 17.4. The van der Waals surface area contributed by atoms with Crippen molar-refractivity contribution in [1.82, 2.24) is 30.0 Å². The van der Waals surface area contributed by atoms with E-state index in [1.165, 1.54) is 0 Å². The van der Waals surface area contributed by atoms with E-state index in [4.69, 9.17) is 5.73 Å². The highest BCUT2D eigenvalue weighted by atomic mass is 16.2. The number of aryl methyl sites for hydroxylation is 2. The molecule has 0 bridgehead atoms. The first-order valence-electron chi connectivity index (χ1n) is 7.79. The molecule has 3 rings (SSSR count). The van der Waals surface area contributed by atoms with Crippen molar-refractivity contribution in [3.63, 3.8) is 0 Å². The van der Waals surface area contributed by atoms with Crippen molar-refractivity contribution >= 4 is 6.03 Å². The fourth-order valence-corrected chi connectivity index (χ4v) is 2.89. The van der Waals surface area contributed by atoms with Crippen LogP contribution < -0.4 is 16.6 Å². The molecule has 9 nitrogen and oxygen atoms in total. The number of aromatic amines is 1. The number of hydrogen-bond donors (Lipinski definition) is 3. The topological polar surface area (TPSA) is 122 Å². The molecule has 2 amide bonds. The van der Waals surface area contributed by atoms with Crippen molar-refractivity contribution in [3.05, 3.63) is 39.1 Å². The Morgan fingerprint density at radius 1 is 1.38 bits per heavy atom. The molecule has 2 aromatic rings. The van der Waals surface area contributed by atoms with Crippen LogP contribution in [0.3, 0.4) is 0 Å². The van der Waals surface area contributed by atoms with Crippen LogP contribution in [0.15, 0.2) is 10.9 Å². The number of H-pyrrole nitrogens is 1. The van der Waals surface area contributed by atoms with Gasteiger partial charge in [0.15, 0.2) is 0 Å². The number of rotatable bonds is 2. The van der Waals surface area contributed by atoms with Gasteiger partial charge in [-0.2, -0.15) is 5.10 Å². The van der Waals surface area contributed by atoms with Crippen LogP contribution in [0.25, 0.3) is 5.95 Å². The van der Waals surface area contributed by atoms with Crippen LogP contribution in [-0.2, 0) is 0 Å². The van der Waals surface area contributed by atoms with Gasteiger partial charge in [-0.15, -0.1) is 0 Å². The Balaban J connectivity index is 2.11. The van der Waals surface area contributed by atoms with Gasteiger partial charge < -0.3 is 16.0 Å². The quantitative estimate of drug-likeness (QED) is 0.710. The van der Waals surface area contributed by atoms with E-state index < -0.39 is 6.03 Å². The molecule has 4 N–H and O–H groups in total. The predicted molar refractivity (Wildman–Crippen MR) is 88.1 cm³/mol. The van der Waals surface area contributed by atoms with Crippen LogP contribution in [0.5, 0.6) is 0 Å². The van der Waals surface area contributed by atoms with E-state index in [0.717, 1.165) is 11.4 Å². The number of aromatic nitrogens is 4. The minimum atomic E-state index is -0.478. The molecule has 0 saturated carbocycles. The summed E-state index contributed by atoms with van der Waals surface area (Å²) >= 11 is 0. The third-order valence-corrected chi connectivity index (χ3v) is 4.31. The summed E-state index contributed by atoms with van der Waals surface area (Å²) in [5.74, 6) is 0.334. The maximum Gasteiger partial charge on any atom is 0.315 e. The van der Waals surface area contributed by atoms with Crippen molar-refractivity contribution in [2.45, 2.75) is 26.8 Å². The molecule has 1 aliphatic heterocycles. The molecular formula is C15H21N7O2.